The van der Waals surface area contributed by atoms with Crippen molar-refractivity contribution in [1.29, 1.82) is 0 Å². The van der Waals surface area contributed by atoms with Gasteiger partial charge in [-0.25, -0.2) is 4.68 Å². The number of carbonyl (C=O) groups excluding carboxylic acids is 2. The predicted octanol–water partition coefficient (Wildman–Crippen LogP) is 6.75. The third-order valence-corrected chi connectivity index (χ3v) is 8.51. The van der Waals surface area contributed by atoms with Crippen LogP contribution in [-0.2, 0) is 16.0 Å². The van der Waals surface area contributed by atoms with E-state index in [0.717, 1.165) is 33.6 Å². The zero-order chi connectivity index (χ0) is 31.0. The number of benzene rings is 4. The summed E-state index contributed by atoms with van der Waals surface area (Å²) in [6.45, 7) is 2.42. The topological polar surface area (TPSA) is 91.9 Å². The van der Waals surface area contributed by atoms with Gasteiger partial charge in [0.1, 0.15) is 10.9 Å². The zero-order valence-electron chi connectivity index (χ0n) is 24.8. The van der Waals surface area contributed by atoms with Crippen molar-refractivity contribution >= 4 is 40.6 Å². The number of rotatable bonds is 10. The number of amidine groups is 1. The molecule has 2 amide bonds. The van der Waals surface area contributed by atoms with Crippen molar-refractivity contribution in [2.24, 2.45) is 10.2 Å². The quantitative estimate of drug-likeness (QED) is 0.139. The lowest BCUT2D eigenvalue weighted by Crippen LogP contribution is -2.35. The molecular formula is C36H32N6O2S. The average Bonchev–Trinajstić information content (AvgIpc) is 3.63. The van der Waals surface area contributed by atoms with Gasteiger partial charge in [0, 0.05) is 36.0 Å². The van der Waals surface area contributed by atoms with Gasteiger partial charge in [0.05, 0.1) is 11.9 Å². The Morgan fingerprint density at radius 3 is 2.29 bits per heavy atom. The van der Waals surface area contributed by atoms with Crippen molar-refractivity contribution < 1.29 is 9.59 Å². The minimum atomic E-state index is -0.596. The summed E-state index contributed by atoms with van der Waals surface area (Å²) in [6, 6.07) is 37.4. The summed E-state index contributed by atoms with van der Waals surface area (Å²) in [5, 5.41) is 16.6. The highest BCUT2D eigenvalue weighted by molar-refractivity contribution is 8.15. The number of hydrogen-bond acceptors (Lipinski definition) is 6. The van der Waals surface area contributed by atoms with Crippen LogP contribution < -0.4 is 5.32 Å². The second-order valence-electron chi connectivity index (χ2n) is 10.7. The normalized spacial score (nSPS) is 15.7. The minimum Gasteiger partial charge on any atom is -0.326 e. The Kier molecular flexibility index (Phi) is 9.27. The molecule has 0 aliphatic carbocycles. The third kappa shape index (κ3) is 7.45. The van der Waals surface area contributed by atoms with E-state index in [-0.39, 0.29) is 18.2 Å². The molecule has 1 N–H and O–H groups in total. The molecule has 1 unspecified atom stereocenters. The van der Waals surface area contributed by atoms with Gasteiger partial charge in [-0.05, 0) is 43.2 Å². The highest BCUT2D eigenvalue weighted by atomic mass is 32.2. The molecule has 4 aromatic carbocycles. The smallest absolute Gasteiger partial charge is 0.242 e. The number of nitrogens with zero attached hydrogens (tertiary/aromatic N) is 5. The standard InChI is InChI=1S/C36H32N6O2S/c1-26-17-19-30(20-18-26)38-33(43)23-32-35(44)41(22-21-27-11-5-2-6-12-27)36(45-32)39-37-24-29-25-42(31-15-9-4-10-16-31)40-34(29)28-13-7-3-8-14-28/h2-20,24-25,32H,21-23H2,1H3,(H,38,43)/b37-24+,39-36-. The van der Waals surface area contributed by atoms with Crippen LogP contribution in [0.15, 0.2) is 132 Å². The molecule has 5 aromatic rings. The van der Waals surface area contributed by atoms with Gasteiger partial charge in [-0.3, -0.25) is 14.5 Å². The van der Waals surface area contributed by atoms with E-state index in [1.54, 1.807) is 11.1 Å². The van der Waals surface area contributed by atoms with Crippen LogP contribution in [0.3, 0.4) is 0 Å². The fourth-order valence-electron chi connectivity index (χ4n) is 4.98. The Bertz CT molecular complexity index is 1820. The molecule has 9 heteroatoms. The highest BCUT2D eigenvalue weighted by Crippen LogP contribution is 2.31. The first-order valence-electron chi connectivity index (χ1n) is 14.7. The molecule has 1 fully saturated rings. The van der Waals surface area contributed by atoms with Gasteiger partial charge in [0.25, 0.3) is 0 Å². The minimum absolute atomic E-state index is 0.0317. The molecule has 6 rings (SSSR count). The zero-order valence-corrected chi connectivity index (χ0v) is 25.6. The second-order valence-corrected chi connectivity index (χ2v) is 11.8. The van der Waals surface area contributed by atoms with Crippen LogP contribution in [0.2, 0.25) is 0 Å². The largest absolute Gasteiger partial charge is 0.326 e. The van der Waals surface area contributed by atoms with Gasteiger partial charge in [-0.2, -0.15) is 10.2 Å². The van der Waals surface area contributed by atoms with Gasteiger partial charge < -0.3 is 5.32 Å². The van der Waals surface area contributed by atoms with Gasteiger partial charge in [0.2, 0.25) is 11.8 Å². The van der Waals surface area contributed by atoms with Crippen molar-refractivity contribution in [2.45, 2.75) is 25.0 Å². The van der Waals surface area contributed by atoms with Gasteiger partial charge in [-0.1, -0.05) is 108 Å². The molecule has 1 aliphatic heterocycles. The van der Waals surface area contributed by atoms with Crippen LogP contribution in [0.5, 0.6) is 0 Å². The van der Waals surface area contributed by atoms with Crippen LogP contribution in [0.25, 0.3) is 16.9 Å². The van der Waals surface area contributed by atoms with E-state index in [9.17, 15) is 9.59 Å². The summed E-state index contributed by atoms with van der Waals surface area (Å²) in [6.07, 6.45) is 4.27. The number of carbonyl (C=O) groups is 2. The molecule has 1 atom stereocenters. The van der Waals surface area contributed by atoms with E-state index in [0.29, 0.717) is 23.8 Å². The SMILES string of the molecule is Cc1ccc(NC(=O)CC2S/C(=N\N=C\c3cn(-c4ccccc4)nc3-c3ccccc3)N(CCc3ccccc3)C2=O)cc1. The maximum atomic E-state index is 13.6. The molecular weight excluding hydrogens is 581 g/mol. The highest BCUT2D eigenvalue weighted by Gasteiger charge is 2.39. The molecule has 45 heavy (non-hydrogen) atoms. The lowest BCUT2D eigenvalue weighted by molar-refractivity contribution is -0.128. The fraction of sp³-hybridized carbons (Fsp3) is 0.139. The summed E-state index contributed by atoms with van der Waals surface area (Å²) >= 11 is 1.27. The summed E-state index contributed by atoms with van der Waals surface area (Å²) in [4.78, 5) is 28.1. The second kappa shape index (κ2) is 14.0. The molecule has 1 aliphatic rings. The number of aromatic nitrogens is 2. The van der Waals surface area contributed by atoms with Crippen molar-refractivity contribution in [1.82, 2.24) is 14.7 Å². The first kappa shape index (κ1) is 29.8. The maximum absolute atomic E-state index is 13.6. The van der Waals surface area contributed by atoms with Crippen LogP contribution in [-0.4, -0.2) is 49.7 Å². The lowest BCUT2D eigenvalue weighted by atomic mass is 10.1. The summed E-state index contributed by atoms with van der Waals surface area (Å²) in [5.74, 6) is -0.371. The number of nitrogens with one attached hydrogen (secondary N) is 1. The molecule has 2 heterocycles. The van der Waals surface area contributed by atoms with E-state index in [2.05, 4.69) is 15.5 Å². The van der Waals surface area contributed by atoms with E-state index >= 15 is 0 Å². The molecule has 1 aromatic heterocycles. The molecule has 8 nitrogen and oxygen atoms in total. The number of para-hydroxylation sites is 1. The number of aryl methyl sites for hydroxylation is 1. The number of anilines is 1. The third-order valence-electron chi connectivity index (χ3n) is 7.34. The first-order chi connectivity index (χ1) is 22.0. The summed E-state index contributed by atoms with van der Waals surface area (Å²) < 4.78 is 1.82. The van der Waals surface area contributed by atoms with E-state index < -0.39 is 5.25 Å². The molecule has 1 saturated heterocycles. The van der Waals surface area contributed by atoms with Crippen molar-refractivity contribution in [2.75, 3.05) is 11.9 Å². The van der Waals surface area contributed by atoms with Gasteiger partial charge in [0.15, 0.2) is 5.17 Å². The maximum Gasteiger partial charge on any atom is 0.242 e. The van der Waals surface area contributed by atoms with Gasteiger partial charge >= 0.3 is 0 Å². The van der Waals surface area contributed by atoms with Gasteiger partial charge in [-0.15, -0.1) is 5.10 Å². The van der Waals surface area contributed by atoms with Crippen molar-refractivity contribution in [3.8, 4) is 16.9 Å². The lowest BCUT2D eigenvalue weighted by Gasteiger charge is -2.15. The first-order valence-corrected chi connectivity index (χ1v) is 15.6. The van der Waals surface area contributed by atoms with Crippen LogP contribution in [0.4, 0.5) is 5.69 Å². The number of amides is 2. The molecule has 0 spiro atoms. The summed E-state index contributed by atoms with van der Waals surface area (Å²) in [5.41, 5.74) is 6.35. The number of thioether (sulfide) groups is 1. The average molecular weight is 613 g/mol. The fourth-order valence-corrected chi connectivity index (χ4v) is 6.10. The van der Waals surface area contributed by atoms with Crippen LogP contribution >= 0.6 is 11.8 Å². The predicted molar refractivity (Wildman–Crippen MR) is 182 cm³/mol. The van der Waals surface area contributed by atoms with Crippen molar-refractivity contribution in [3.05, 3.63) is 138 Å². The number of hydrogen-bond donors (Lipinski definition) is 1. The Hall–Kier alpha value is -5.28. The molecule has 0 bridgehead atoms. The Morgan fingerprint density at radius 2 is 1.58 bits per heavy atom. The molecule has 0 saturated carbocycles. The Balaban J connectivity index is 1.25. The Labute approximate surface area is 266 Å². The molecule has 224 valence electrons. The van der Waals surface area contributed by atoms with Crippen LogP contribution in [0.1, 0.15) is 23.1 Å². The van der Waals surface area contributed by atoms with Crippen LogP contribution in [0, 0.1) is 6.92 Å². The van der Waals surface area contributed by atoms with E-state index in [1.165, 1.54) is 11.8 Å². The summed E-state index contributed by atoms with van der Waals surface area (Å²) in [7, 11) is 0. The monoisotopic (exact) mass is 612 g/mol. The molecule has 0 radical (unpaired) electrons. The Morgan fingerprint density at radius 1 is 0.911 bits per heavy atom. The van der Waals surface area contributed by atoms with Crippen molar-refractivity contribution in [3.63, 3.8) is 0 Å². The van der Waals surface area contributed by atoms with E-state index in [4.69, 9.17) is 5.10 Å². The van der Waals surface area contributed by atoms with E-state index in [1.807, 2.05) is 133 Å².